The fourth-order valence-corrected chi connectivity index (χ4v) is 2.09. The number of hydrogen-bond acceptors (Lipinski definition) is 1. The molecule has 1 aromatic rings. The summed E-state index contributed by atoms with van der Waals surface area (Å²) in [4.78, 5) is 0. The number of rotatable bonds is 5. The van der Waals surface area contributed by atoms with Crippen LogP contribution >= 0.6 is 27.5 Å². The highest BCUT2D eigenvalue weighted by Crippen LogP contribution is 2.17. The van der Waals surface area contributed by atoms with Gasteiger partial charge < -0.3 is 5.32 Å². The summed E-state index contributed by atoms with van der Waals surface area (Å²) in [6.45, 7) is 4.76. The van der Waals surface area contributed by atoms with E-state index in [1.807, 2.05) is 6.07 Å². The molecule has 0 saturated heterocycles. The van der Waals surface area contributed by atoms with E-state index >= 15 is 0 Å². The summed E-state index contributed by atoms with van der Waals surface area (Å²) < 4.78 is 13.9. The van der Waals surface area contributed by atoms with E-state index in [-0.39, 0.29) is 11.4 Å². The maximum atomic E-state index is 13.1. The Morgan fingerprint density at radius 3 is 2.62 bits per heavy atom. The van der Waals surface area contributed by atoms with Crippen LogP contribution in [0.5, 0.6) is 0 Å². The van der Waals surface area contributed by atoms with Crippen molar-refractivity contribution in [3.8, 4) is 0 Å². The first-order valence-electron chi connectivity index (χ1n) is 5.25. The molecule has 0 aromatic heterocycles. The maximum absolute atomic E-state index is 13.1. The van der Waals surface area contributed by atoms with Crippen molar-refractivity contribution in [3.63, 3.8) is 0 Å². The molecule has 0 saturated carbocycles. The Balaban J connectivity index is 2.67. The number of nitrogens with one attached hydrogen (secondary N) is 1. The van der Waals surface area contributed by atoms with Gasteiger partial charge in [-0.25, -0.2) is 4.39 Å². The first-order valence-corrected chi connectivity index (χ1v) is 6.58. The minimum atomic E-state index is -0.227. The van der Waals surface area contributed by atoms with Gasteiger partial charge in [0.05, 0.1) is 0 Å². The molecule has 0 bridgehead atoms. The summed E-state index contributed by atoms with van der Waals surface area (Å²) in [6, 6.07) is 4.88. The summed E-state index contributed by atoms with van der Waals surface area (Å²) in [5, 5.41) is 3.35. The lowest BCUT2D eigenvalue weighted by Gasteiger charge is -2.27. The number of hydrogen-bond donors (Lipinski definition) is 1. The lowest BCUT2D eigenvalue weighted by atomic mass is 10.0. The molecule has 1 unspecified atom stereocenters. The zero-order chi connectivity index (χ0) is 12.2. The molecule has 1 rings (SSSR count). The van der Waals surface area contributed by atoms with Crippen LogP contribution < -0.4 is 5.32 Å². The predicted octanol–water partition coefficient (Wildman–Crippen LogP) is 4.09. The Labute approximate surface area is 110 Å². The monoisotopic (exact) mass is 307 g/mol. The van der Waals surface area contributed by atoms with E-state index in [1.54, 1.807) is 0 Å². The molecule has 1 nitrogen and oxygen atoms in total. The van der Waals surface area contributed by atoms with Crippen LogP contribution in [0.2, 0.25) is 0 Å². The molecule has 0 aliphatic rings. The molecule has 16 heavy (non-hydrogen) atoms. The molecule has 0 amide bonds. The van der Waals surface area contributed by atoms with Gasteiger partial charge >= 0.3 is 0 Å². The van der Waals surface area contributed by atoms with Gasteiger partial charge in [0.15, 0.2) is 0 Å². The molecular formula is C12H16BrClFN. The van der Waals surface area contributed by atoms with E-state index < -0.39 is 0 Å². The standard InChI is InChI=1S/C12H16BrClFN/c1-3-12(2,8-14)16-7-9-4-10(13)6-11(15)5-9/h4-6,16H,3,7-8H2,1-2H3. The van der Waals surface area contributed by atoms with Crippen molar-refractivity contribution < 1.29 is 4.39 Å². The quantitative estimate of drug-likeness (QED) is 0.808. The lowest BCUT2D eigenvalue weighted by molar-refractivity contribution is 0.379. The minimum Gasteiger partial charge on any atom is -0.306 e. The predicted molar refractivity (Wildman–Crippen MR) is 70.4 cm³/mol. The van der Waals surface area contributed by atoms with Crippen LogP contribution in [-0.4, -0.2) is 11.4 Å². The molecule has 0 radical (unpaired) electrons. The third-order valence-electron chi connectivity index (χ3n) is 2.72. The Bertz CT molecular complexity index is 333. The summed E-state index contributed by atoms with van der Waals surface area (Å²) in [7, 11) is 0. The van der Waals surface area contributed by atoms with Gasteiger partial charge in [0.25, 0.3) is 0 Å². The highest BCUT2D eigenvalue weighted by molar-refractivity contribution is 9.10. The van der Waals surface area contributed by atoms with Crippen LogP contribution in [0.15, 0.2) is 22.7 Å². The molecule has 0 aliphatic heterocycles. The van der Waals surface area contributed by atoms with Crippen LogP contribution in [0, 0.1) is 5.82 Å². The van der Waals surface area contributed by atoms with E-state index in [0.717, 1.165) is 16.5 Å². The van der Waals surface area contributed by atoms with Crippen LogP contribution in [-0.2, 0) is 6.54 Å². The molecule has 90 valence electrons. The lowest BCUT2D eigenvalue weighted by Crippen LogP contribution is -2.42. The van der Waals surface area contributed by atoms with Gasteiger partial charge in [-0.05, 0) is 37.1 Å². The number of alkyl halides is 1. The van der Waals surface area contributed by atoms with E-state index in [1.165, 1.54) is 12.1 Å². The Morgan fingerprint density at radius 1 is 1.44 bits per heavy atom. The van der Waals surface area contributed by atoms with Crippen LogP contribution in [0.1, 0.15) is 25.8 Å². The largest absolute Gasteiger partial charge is 0.306 e. The number of benzene rings is 1. The smallest absolute Gasteiger partial charge is 0.124 e. The Morgan fingerprint density at radius 2 is 2.12 bits per heavy atom. The summed E-state index contributed by atoms with van der Waals surface area (Å²) >= 11 is 9.17. The summed E-state index contributed by atoms with van der Waals surface area (Å²) in [6.07, 6.45) is 0.937. The third-order valence-corrected chi connectivity index (χ3v) is 3.76. The average molecular weight is 309 g/mol. The second kappa shape index (κ2) is 5.99. The van der Waals surface area contributed by atoms with Gasteiger partial charge in [-0.2, -0.15) is 0 Å². The van der Waals surface area contributed by atoms with Crippen LogP contribution in [0.25, 0.3) is 0 Å². The van der Waals surface area contributed by atoms with Crippen molar-refractivity contribution in [3.05, 3.63) is 34.1 Å². The molecule has 0 aliphatic carbocycles. The molecule has 0 spiro atoms. The zero-order valence-corrected chi connectivity index (χ0v) is 11.8. The van der Waals surface area contributed by atoms with Crippen molar-refractivity contribution in [1.29, 1.82) is 0 Å². The SMILES string of the molecule is CCC(C)(CCl)NCc1cc(F)cc(Br)c1. The van der Waals surface area contributed by atoms with Crippen LogP contribution in [0.4, 0.5) is 4.39 Å². The average Bonchev–Trinajstić information content (AvgIpc) is 2.25. The number of halogens is 3. The van der Waals surface area contributed by atoms with E-state index in [4.69, 9.17) is 11.6 Å². The van der Waals surface area contributed by atoms with Gasteiger partial charge in [0.1, 0.15) is 5.82 Å². The van der Waals surface area contributed by atoms with E-state index in [9.17, 15) is 4.39 Å². The van der Waals surface area contributed by atoms with Crippen molar-refractivity contribution >= 4 is 27.5 Å². The Kier molecular flexibility index (Phi) is 5.22. The summed E-state index contributed by atoms with van der Waals surface area (Å²) in [5.41, 5.74) is 0.817. The highest BCUT2D eigenvalue weighted by atomic mass is 79.9. The molecule has 1 N–H and O–H groups in total. The molecule has 1 atom stereocenters. The minimum absolute atomic E-state index is 0.0969. The molecular weight excluding hydrogens is 292 g/mol. The fourth-order valence-electron chi connectivity index (χ4n) is 1.30. The van der Waals surface area contributed by atoms with Crippen molar-refractivity contribution in [2.24, 2.45) is 0 Å². The van der Waals surface area contributed by atoms with Crippen molar-refractivity contribution in [1.82, 2.24) is 5.32 Å². The van der Waals surface area contributed by atoms with Crippen molar-refractivity contribution in [2.75, 3.05) is 5.88 Å². The summed E-state index contributed by atoms with van der Waals surface area (Å²) in [5.74, 6) is 0.315. The first-order chi connectivity index (χ1) is 7.49. The molecule has 1 aromatic carbocycles. The van der Waals surface area contributed by atoms with Crippen LogP contribution in [0.3, 0.4) is 0 Å². The van der Waals surface area contributed by atoms with Crippen molar-refractivity contribution in [2.45, 2.75) is 32.4 Å². The van der Waals surface area contributed by atoms with Gasteiger partial charge in [0.2, 0.25) is 0 Å². The van der Waals surface area contributed by atoms with Gasteiger partial charge in [-0.15, -0.1) is 11.6 Å². The molecule has 4 heteroatoms. The topological polar surface area (TPSA) is 12.0 Å². The normalized spacial score (nSPS) is 14.8. The van der Waals surface area contributed by atoms with E-state index in [0.29, 0.717) is 12.4 Å². The molecule has 0 heterocycles. The second-order valence-electron chi connectivity index (χ2n) is 4.18. The third kappa shape index (κ3) is 4.04. The first kappa shape index (κ1) is 13.9. The highest BCUT2D eigenvalue weighted by Gasteiger charge is 2.19. The van der Waals surface area contributed by atoms with Gasteiger partial charge in [-0.3, -0.25) is 0 Å². The van der Waals surface area contributed by atoms with Gasteiger partial charge in [0, 0.05) is 22.4 Å². The Hall–Kier alpha value is -0.120. The van der Waals surface area contributed by atoms with E-state index in [2.05, 4.69) is 35.1 Å². The fraction of sp³-hybridized carbons (Fsp3) is 0.500. The zero-order valence-electron chi connectivity index (χ0n) is 9.49. The second-order valence-corrected chi connectivity index (χ2v) is 5.36. The molecule has 0 fully saturated rings. The van der Waals surface area contributed by atoms with Gasteiger partial charge in [-0.1, -0.05) is 22.9 Å². The maximum Gasteiger partial charge on any atom is 0.124 e.